The monoisotopic (exact) mass is 276 g/mol. The summed E-state index contributed by atoms with van der Waals surface area (Å²) in [5.74, 6) is 1.25. The fourth-order valence-corrected chi connectivity index (χ4v) is 4.26. The van der Waals surface area contributed by atoms with Crippen LogP contribution >= 0.6 is 11.8 Å². The molecule has 2 nitrogen and oxygen atoms in total. The van der Waals surface area contributed by atoms with Crippen LogP contribution in [0.1, 0.15) is 37.3 Å². The largest absolute Gasteiger partial charge is 0.309 e. The van der Waals surface area contributed by atoms with Crippen molar-refractivity contribution in [2.75, 3.05) is 31.9 Å². The number of hydrogen-bond donors (Lipinski definition) is 1. The quantitative estimate of drug-likeness (QED) is 0.908. The van der Waals surface area contributed by atoms with Crippen molar-refractivity contribution in [3.63, 3.8) is 0 Å². The number of thioether (sulfide) groups is 1. The third kappa shape index (κ3) is 3.53. The summed E-state index contributed by atoms with van der Waals surface area (Å²) in [7, 11) is 0. The number of nitrogens with one attached hydrogen (secondary N) is 1. The van der Waals surface area contributed by atoms with Crippen LogP contribution in [0, 0.1) is 0 Å². The fourth-order valence-electron chi connectivity index (χ4n) is 3.13. The molecule has 2 aliphatic heterocycles. The Morgan fingerprint density at radius 2 is 2.00 bits per heavy atom. The van der Waals surface area contributed by atoms with Gasteiger partial charge in [0.2, 0.25) is 0 Å². The molecule has 0 saturated carbocycles. The smallest absolute Gasteiger partial charge is 0.0339 e. The fraction of sp³-hybridized carbons (Fsp3) is 0.625. The van der Waals surface area contributed by atoms with Crippen LogP contribution in [0.4, 0.5) is 0 Å². The number of piperidine rings is 1. The van der Waals surface area contributed by atoms with Gasteiger partial charge >= 0.3 is 0 Å². The predicted octanol–water partition coefficient (Wildman–Crippen LogP) is 3.30. The molecule has 1 atom stereocenters. The molecule has 1 fully saturated rings. The van der Waals surface area contributed by atoms with E-state index in [0.717, 1.165) is 6.54 Å². The number of likely N-dealkylation sites (tertiary alicyclic amines) is 1. The van der Waals surface area contributed by atoms with Crippen molar-refractivity contribution in [1.29, 1.82) is 0 Å². The van der Waals surface area contributed by atoms with Gasteiger partial charge in [-0.05, 0) is 49.7 Å². The van der Waals surface area contributed by atoms with Crippen molar-refractivity contribution < 1.29 is 0 Å². The van der Waals surface area contributed by atoms with E-state index in [-0.39, 0.29) is 0 Å². The van der Waals surface area contributed by atoms with Crippen LogP contribution in [0.25, 0.3) is 0 Å². The normalized spacial score (nSPS) is 24.1. The molecule has 19 heavy (non-hydrogen) atoms. The lowest BCUT2D eigenvalue weighted by molar-refractivity contribution is 0.226. The third-order valence-corrected chi connectivity index (χ3v) is 5.35. The molecule has 0 aliphatic carbocycles. The average Bonchev–Trinajstić information content (AvgIpc) is 2.49. The first-order valence-electron chi connectivity index (χ1n) is 7.61. The van der Waals surface area contributed by atoms with Crippen LogP contribution in [-0.2, 0) is 0 Å². The Morgan fingerprint density at radius 3 is 2.89 bits per heavy atom. The first-order valence-corrected chi connectivity index (χ1v) is 8.59. The molecule has 0 bridgehead atoms. The molecular formula is C16H24N2S. The SMILES string of the molecule is c1ccc2c(c1)SCCC2NCCN1CCCCC1. The van der Waals surface area contributed by atoms with Crippen molar-refractivity contribution in [2.45, 2.75) is 36.6 Å². The van der Waals surface area contributed by atoms with Crippen molar-refractivity contribution in [2.24, 2.45) is 0 Å². The molecule has 1 saturated heterocycles. The molecule has 1 N–H and O–H groups in total. The summed E-state index contributed by atoms with van der Waals surface area (Å²) < 4.78 is 0. The van der Waals surface area contributed by atoms with E-state index in [1.54, 1.807) is 0 Å². The molecule has 1 unspecified atom stereocenters. The summed E-state index contributed by atoms with van der Waals surface area (Å²) in [6, 6.07) is 9.45. The molecule has 104 valence electrons. The van der Waals surface area contributed by atoms with E-state index in [4.69, 9.17) is 0 Å². The lowest BCUT2D eigenvalue weighted by Gasteiger charge is -2.29. The van der Waals surface area contributed by atoms with Crippen LogP contribution in [0.2, 0.25) is 0 Å². The Labute approximate surface area is 121 Å². The standard InChI is InChI=1S/C16H24N2S/c1-4-10-18(11-5-1)12-9-17-15-8-13-19-16-7-3-2-6-14(15)16/h2-3,6-7,15,17H,1,4-5,8-13H2. The van der Waals surface area contributed by atoms with Gasteiger partial charge in [-0.2, -0.15) is 0 Å². The molecule has 0 radical (unpaired) electrons. The Hall–Kier alpha value is -0.510. The number of nitrogens with zero attached hydrogens (tertiary/aromatic N) is 1. The third-order valence-electron chi connectivity index (χ3n) is 4.23. The summed E-state index contributed by atoms with van der Waals surface area (Å²) >= 11 is 2.00. The molecule has 0 amide bonds. The first kappa shape index (κ1) is 13.5. The molecule has 3 rings (SSSR count). The van der Waals surface area contributed by atoms with Gasteiger partial charge in [0.05, 0.1) is 0 Å². The molecular weight excluding hydrogens is 252 g/mol. The van der Waals surface area contributed by atoms with Gasteiger partial charge in [-0.3, -0.25) is 0 Å². The maximum Gasteiger partial charge on any atom is 0.0339 e. The minimum atomic E-state index is 0.572. The second-order valence-electron chi connectivity index (χ2n) is 5.58. The highest BCUT2D eigenvalue weighted by atomic mass is 32.2. The zero-order valence-corrected chi connectivity index (χ0v) is 12.4. The molecule has 1 aromatic rings. The van der Waals surface area contributed by atoms with E-state index in [2.05, 4.69) is 34.5 Å². The molecule has 1 aromatic carbocycles. The van der Waals surface area contributed by atoms with E-state index in [1.807, 2.05) is 11.8 Å². The summed E-state index contributed by atoms with van der Waals surface area (Å²) in [6.45, 7) is 4.95. The van der Waals surface area contributed by atoms with Gasteiger partial charge < -0.3 is 10.2 Å². The average molecular weight is 276 g/mol. The zero-order chi connectivity index (χ0) is 12.9. The molecule has 2 heterocycles. The first-order chi connectivity index (χ1) is 9.43. The Kier molecular flexibility index (Phi) is 4.81. The van der Waals surface area contributed by atoms with Gasteiger partial charge in [0, 0.05) is 24.0 Å². The summed E-state index contributed by atoms with van der Waals surface area (Å²) in [5.41, 5.74) is 1.51. The number of hydrogen-bond acceptors (Lipinski definition) is 3. The number of benzene rings is 1. The highest BCUT2D eigenvalue weighted by Gasteiger charge is 2.19. The minimum absolute atomic E-state index is 0.572. The van der Waals surface area contributed by atoms with Gasteiger partial charge in [-0.25, -0.2) is 0 Å². The highest BCUT2D eigenvalue weighted by molar-refractivity contribution is 7.99. The van der Waals surface area contributed by atoms with Crippen LogP contribution in [0.3, 0.4) is 0 Å². The van der Waals surface area contributed by atoms with Gasteiger partial charge in [0.1, 0.15) is 0 Å². The van der Waals surface area contributed by atoms with E-state index < -0.39 is 0 Å². The molecule has 0 aromatic heterocycles. The lowest BCUT2D eigenvalue weighted by atomic mass is 10.0. The predicted molar refractivity (Wildman–Crippen MR) is 82.8 cm³/mol. The number of rotatable bonds is 4. The second-order valence-corrected chi connectivity index (χ2v) is 6.72. The molecule has 2 aliphatic rings. The van der Waals surface area contributed by atoms with Gasteiger partial charge in [-0.15, -0.1) is 11.8 Å². The molecule has 3 heteroatoms. The Morgan fingerprint density at radius 1 is 1.16 bits per heavy atom. The van der Waals surface area contributed by atoms with Crippen LogP contribution in [-0.4, -0.2) is 36.8 Å². The summed E-state index contributed by atoms with van der Waals surface area (Å²) in [5, 5.41) is 3.77. The summed E-state index contributed by atoms with van der Waals surface area (Å²) in [6.07, 6.45) is 5.48. The Bertz CT molecular complexity index is 401. The van der Waals surface area contributed by atoms with Gasteiger partial charge in [-0.1, -0.05) is 24.6 Å². The van der Waals surface area contributed by atoms with Crippen LogP contribution in [0.15, 0.2) is 29.2 Å². The topological polar surface area (TPSA) is 15.3 Å². The lowest BCUT2D eigenvalue weighted by Crippen LogP contribution is -2.37. The van der Waals surface area contributed by atoms with Crippen molar-refractivity contribution in [3.8, 4) is 0 Å². The maximum absolute atomic E-state index is 3.77. The Balaban J connectivity index is 1.50. The van der Waals surface area contributed by atoms with Crippen molar-refractivity contribution in [1.82, 2.24) is 10.2 Å². The van der Waals surface area contributed by atoms with Crippen molar-refractivity contribution >= 4 is 11.8 Å². The van der Waals surface area contributed by atoms with Gasteiger partial charge in [0.25, 0.3) is 0 Å². The maximum atomic E-state index is 3.77. The minimum Gasteiger partial charge on any atom is -0.309 e. The molecule has 0 spiro atoms. The number of fused-ring (bicyclic) bond motifs is 1. The second kappa shape index (κ2) is 6.78. The summed E-state index contributed by atoms with van der Waals surface area (Å²) in [4.78, 5) is 4.09. The van der Waals surface area contributed by atoms with Crippen molar-refractivity contribution in [3.05, 3.63) is 29.8 Å². The van der Waals surface area contributed by atoms with Crippen LogP contribution in [0.5, 0.6) is 0 Å². The van der Waals surface area contributed by atoms with Gasteiger partial charge in [0.15, 0.2) is 0 Å². The van der Waals surface area contributed by atoms with E-state index in [0.29, 0.717) is 6.04 Å². The van der Waals surface area contributed by atoms with E-state index >= 15 is 0 Å². The zero-order valence-electron chi connectivity index (χ0n) is 11.6. The highest BCUT2D eigenvalue weighted by Crippen LogP contribution is 2.35. The van der Waals surface area contributed by atoms with E-state index in [1.165, 1.54) is 61.5 Å². The van der Waals surface area contributed by atoms with Crippen LogP contribution < -0.4 is 5.32 Å². The van der Waals surface area contributed by atoms with E-state index in [9.17, 15) is 0 Å².